The molecule has 0 heterocycles. The first-order chi connectivity index (χ1) is 15.7. The third-order valence-electron chi connectivity index (χ3n) is 11.5. The number of ketones is 1. The topological polar surface area (TPSA) is 89.9 Å². The molecule has 4 fully saturated rings. The van der Waals surface area contributed by atoms with Crippen LogP contribution in [0.1, 0.15) is 93.4 Å². The number of carbonyl (C=O) groups excluding carboxylic acids is 3. The van der Waals surface area contributed by atoms with Crippen molar-refractivity contribution in [3.8, 4) is 0 Å². The number of ether oxygens (including phenoxy) is 2. The molecule has 34 heavy (non-hydrogen) atoms. The molecule has 0 radical (unpaired) electrons. The number of fused-ring (bicyclic) bond motifs is 5. The van der Waals surface area contributed by atoms with Gasteiger partial charge >= 0.3 is 11.9 Å². The minimum Gasteiger partial charge on any atom is -0.462 e. The highest BCUT2D eigenvalue weighted by Crippen LogP contribution is 2.75. The number of Topliss-reactive ketones (excluding diaryl/α,β-unsaturated/α-hetero) is 1. The second kappa shape index (κ2) is 8.31. The fourth-order valence-electron chi connectivity index (χ4n) is 9.92. The summed E-state index contributed by atoms with van der Waals surface area (Å²) in [5.41, 5.74) is -0.247. The van der Waals surface area contributed by atoms with E-state index in [0.717, 1.165) is 44.9 Å². The first-order valence-electron chi connectivity index (χ1n) is 13.2. The maximum absolute atomic E-state index is 12.8. The summed E-state index contributed by atoms with van der Waals surface area (Å²) in [7, 11) is 0. The molecule has 0 amide bonds. The minimum atomic E-state index is -0.449. The average Bonchev–Trinajstić information content (AvgIpc) is 3.10. The molecular formula is C28H44O6. The van der Waals surface area contributed by atoms with E-state index in [1.807, 2.05) is 0 Å². The zero-order valence-corrected chi connectivity index (χ0v) is 22.1. The van der Waals surface area contributed by atoms with Gasteiger partial charge < -0.3 is 14.6 Å². The fraction of sp³-hybridized carbons (Fsp3) is 0.893. The van der Waals surface area contributed by atoms with Gasteiger partial charge in [-0.3, -0.25) is 14.4 Å². The Labute approximate surface area is 204 Å². The monoisotopic (exact) mass is 476 g/mol. The smallest absolute Gasteiger partial charge is 0.302 e. The summed E-state index contributed by atoms with van der Waals surface area (Å²) in [6.07, 6.45) is 5.96. The Morgan fingerprint density at radius 2 is 1.44 bits per heavy atom. The third-order valence-corrected chi connectivity index (χ3v) is 11.5. The van der Waals surface area contributed by atoms with Crippen LogP contribution in [-0.2, 0) is 23.9 Å². The molecule has 4 aliphatic carbocycles. The van der Waals surface area contributed by atoms with E-state index in [1.54, 1.807) is 0 Å². The van der Waals surface area contributed by atoms with E-state index in [4.69, 9.17) is 9.47 Å². The van der Waals surface area contributed by atoms with Crippen LogP contribution >= 0.6 is 0 Å². The van der Waals surface area contributed by atoms with E-state index in [2.05, 4.69) is 34.6 Å². The number of aliphatic hydroxyl groups is 1. The number of hydrogen-bond acceptors (Lipinski definition) is 6. The Balaban J connectivity index is 1.76. The summed E-state index contributed by atoms with van der Waals surface area (Å²) in [6, 6.07) is 0. The van der Waals surface area contributed by atoms with Crippen molar-refractivity contribution in [1.82, 2.24) is 0 Å². The number of carbonyl (C=O) groups is 3. The summed E-state index contributed by atoms with van der Waals surface area (Å²) in [5.74, 6) is -0.196. The number of aliphatic hydroxyl groups excluding tert-OH is 1. The van der Waals surface area contributed by atoms with Gasteiger partial charge in [-0.2, -0.15) is 0 Å². The zero-order chi connectivity index (χ0) is 25.3. The van der Waals surface area contributed by atoms with Crippen LogP contribution in [0.15, 0.2) is 0 Å². The summed E-state index contributed by atoms with van der Waals surface area (Å²) < 4.78 is 11.8. The van der Waals surface area contributed by atoms with Crippen LogP contribution in [0.5, 0.6) is 0 Å². The van der Waals surface area contributed by atoms with Crippen molar-refractivity contribution in [2.75, 3.05) is 6.61 Å². The maximum atomic E-state index is 12.8. The standard InChI is InChI=1S/C28H44O6/c1-16(30)33-20-14-22-26(5)11-10-23(34-17(2)31)25(3,4)21(26)9-13-27(22,6)28(7)12-8-18(24(20)28)19(32)15-29/h18,20-24,29H,8-15H2,1-7H3/t18-,20-,21+,22-,23+,24+,26+,27-,28-/m1/s1. The molecule has 0 saturated heterocycles. The highest BCUT2D eigenvalue weighted by atomic mass is 16.5. The van der Waals surface area contributed by atoms with E-state index in [0.29, 0.717) is 11.8 Å². The summed E-state index contributed by atoms with van der Waals surface area (Å²) in [5, 5.41) is 9.68. The Kier molecular flexibility index (Phi) is 6.27. The van der Waals surface area contributed by atoms with Crippen molar-refractivity contribution in [3.05, 3.63) is 0 Å². The summed E-state index contributed by atoms with van der Waals surface area (Å²) >= 11 is 0. The van der Waals surface area contributed by atoms with Gasteiger partial charge in [0, 0.05) is 31.1 Å². The van der Waals surface area contributed by atoms with Crippen LogP contribution in [0.3, 0.4) is 0 Å². The normalized spacial score (nSPS) is 47.1. The molecule has 4 rings (SSSR count). The van der Waals surface area contributed by atoms with Crippen molar-refractivity contribution in [3.63, 3.8) is 0 Å². The second-order valence-electron chi connectivity index (χ2n) is 13.1. The van der Waals surface area contributed by atoms with E-state index in [-0.39, 0.29) is 63.4 Å². The van der Waals surface area contributed by atoms with Crippen LogP contribution in [0, 0.1) is 45.3 Å². The average molecular weight is 477 g/mol. The largest absolute Gasteiger partial charge is 0.462 e. The molecule has 0 unspecified atom stereocenters. The Hall–Kier alpha value is -1.43. The molecule has 0 aromatic heterocycles. The van der Waals surface area contributed by atoms with Gasteiger partial charge in [-0.1, -0.05) is 34.6 Å². The molecule has 0 aliphatic heterocycles. The third kappa shape index (κ3) is 3.49. The lowest BCUT2D eigenvalue weighted by Gasteiger charge is -2.70. The van der Waals surface area contributed by atoms with Crippen LogP contribution in [0.4, 0.5) is 0 Å². The Morgan fingerprint density at radius 3 is 2.03 bits per heavy atom. The second-order valence-corrected chi connectivity index (χ2v) is 13.1. The van der Waals surface area contributed by atoms with E-state index >= 15 is 0 Å². The number of rotatable bonds is 4. The van der Waals surface area contributed by atoms with Crippen LogP contribution < -0.4 is 0 Å². The van der Waals surface area contributed by atoms with Gasteiger partial charge in [-0.25, -0.2) is 0 Å². The first kappa shape index (κ1) is 25.7. The molecule has 6 heteroatoms. The quantitative estimate of drug-likeness (QED) is 0.591. The van der Waals surface area contributed by atoms with Gasteiger partial charge in [-0.15, -0.1) is 0 Å². The Bertz CT molecular complexity index is 865. The molecule has 1 N–H and O–H groups in total. The lowest BCUT2D eigenvalue weighted by Crippen LogP contribution is -2.66. The molecule has 192 valence electrons. The molecule has 0 spiro atoms. The van der Waals surface area contributed by atoms with Crippen LogP contribution in [0.2, 0.25) is 0 Å². The van der Waals surface area contributed by atoms with E-state index in [9.17, 15) is 19.5 Å². The SMILES string of the molecule is CC(=O)O[C@H]1CC[C@]2(C)[C@H]3C[C@@H](OC(C)=O)[C@@H]4[C@@H](C(=O)CO)CC[C@@]4(C)[C@]3(C)CC[C@H]2C1(C)C. The maximum Gasteiger partial charge on any atom is 0.302 e. The molecular weight excluding hydrogens is 432 g/mol. The predicted octanol–water partition coefficient (Wildman–Crippen LogP) is 4.71. The van der Waals surface area contributed by atoms with Gasteiger partial charge in [0.25, 0.3) is 0 Å². The van der Waals surface area contributed by atoms with Crippen molar-refractivity contribution in [2.45, 2.75) is 106 Å². The fourth-order valence-corrected chi connectivity index (χ4v) is 9.92. The highest BCUT2D eigenvalue weighted by Gasteiger charge is 2.71. The van der Waals surface area contributed by atoms with Crippen molar-refractivity contribution in [2.24, 2.45) is 45.3 Å². The van der Waals surface area contributed by atoms with Gasteiger partial charge in [0.15, 0.2) is 5.78 Å². The van der Waals surface area contributed by atoms with Gasteiger partial charge in [-0.05, 0) is 73.0 Å². The molecule has 9 atom stereocenters. The highest BCUT2D eigenvalue weighted by molar-refractivity contribution is 5.83. The first-order valence-corrected chi connectivity index (χ1v) is 13.2. The molecule has 0 aromatic rings. The van der Waals surface area contributed by atoms with Gasteiger partial charge in [0.05, 0.1) is 0 Å². The van der Waals surface area contributed by atoms with Crippen molar-refractivity contribution in [1.29, 1.82) is 0 Å². The summed E-state index contributed by atoms with van der Waals surface area (Å²) in [6.45, 7) is 14.2. The van der Waals surface area contributed by atoms with Crippen LogP contribution in [-0.4, -0.2) is 41.6 Å². The molecule has 4 aliphatic rings. The Morgan fingerprint density at radius 1 is 0.824 bits per heavy atom. The lowest BCUT2D eigenvalue weighted by atomic mass is 9.35. The zero-order valence-electron chi connectivity index (χ0n) is 22.1. The molecule has 6 nitrogen and oxygen atoms in total. The summed E-state index contributed by atoms with van der Waals surface area (Å²) in [4.78, 5) is 36.8. The number of esters is 2. The van der Waals surface area contributed by atoms with Crippen molar-refractivity contribution < 1.29 is 29.0 Å². The van der Waals surface area contributed by atoms with Gasteiger partial charge in [0.2, 0.25) is 0 Å². The van der Waals surface area contributed by atoms with Crippen LogP contribution in [0.25, 0.3) is 0 Å². The minimum absolute atomic E-state index is 0.00833. The molecule has 4 saturated carbocycles. The van der Waals surface area contributed by atoms with E-state index in [1.165, 1.54) is 13.8 Å². The van der Waals surface area contributed by atoms with E-state index < -0.39 is 6.61 Å². The molecule has 0 bridgehead atoms. The van der Waals surface area contributed by atoms with Gasteiger partial charge in [0.1, 0.15) is 18.8 Å². The van der Waals surface area contributed by atoms with Crippen molar-refractivity contribution >= 4 is 17.7 Å². The molecule has 0 aromatic carbocycles. The lowest BCUT2D eigenvalue weighted by molar-refractivity contribution is -0.247. The number of hydrogen-bond donors (Lipinski definition) is 1. The predicted molar refractivity (Wildman–Crippen MR) is 128 cm³/mol.